The molecule has 18 heavy (non-hydrogen) atoms. The van der Waals surface area contributed by atoms with Gasteiger partial charge >= 0.3 is 0 Å². The second kappa shape index (κ2) is 3.20. The zero-order valence-electron chi connectivity index (χ0n) is 9.45. The van der Waals surface area contributed by atoms with E-state index in [2.05, 4.69) is 4.98 Å². The average Bonchev–Trinajstić information content (AvgIpc) is 3.12. The highest BCUT2D eigenvalue weighted by Crippen LogP contribution is 2.31. The number of rotatable bonds is 2. The Kier molecular flexibility index (Phi) is 1.67. The van der Waals surface area contributed by atoms with Crippen molar-refractivity contribution < 1.29 is 4.79 Å². The van der Waals surface area contributed by atoms with Gasteiger partial charge in [0, 0.05) is 30.4 Å². The fourth-order valence-electron chi connectivity index (χ4n) is 2.39. The lowest BCUT2D eigenvalue weighted by Gasteiger charge is -2.20. The number of nitrogens with zero attached hydrogens (tertiary/aromatic N) is 3. The Hall–Kier alpha value is -2.62. The standard InChI is InChI=1S/C14H9N3O/c18-14-11-5-8-17(14)13(11)16-7-2-4-12(16)10-3-1-6-15-9-10/h1-9H. The van der Waals surface area contributed by atoms with Gasteiger partial charge in [-0.3, -0.25) is 14.3 Å². The molecule has 86 valence electrons. The maximum absolute atomic E-state index is 11.6. The van der Waals surface area contributed by atoms with Crippen LogP contribution in [0.2, 0.25) is 0 Å². The third-order valence-corrected chi connectivity index (χ3v) is 3.24. The van der Waals surface area contributed by atoms with Crippen molar-refractivity contribution in [3.05, 3.63) is 60.7 Å². The largest absolute Gasteiger partial charge is 0.302 e. The lowest BCUT2D eigenvalue weighted by molar-refractivity contribution is 0.0942. The van der Waals surface area contributed by atoms with Crippen LogP contribution in [0.4, 0.5) is 0 Å². The first kappa shape index (κ1) is 9.41. The summed E-state index contributed by atoms with van der Waals surface area (Å²) in [5.41, 5.74) is 2.85. The van der Waals surface area contributed by atoms with E-state index in [1.807, 2.05) is 47.3 Å². The molecule has 4 heteroatoms. The Labute approximate surface area is 103 Å². The molecule has 0 saturated heterocycles. The van der Waals surface area contributed by atoms with Crippen LogP contribution in [-0.2, 0) is 0 Å². The van der Waals surface area contributed by atoms with E-state index in [1.54, 1.807) is 17.0 Å². The molecule has 4 nitrogen and oxygen atoms in total. The van der Waals surface area contributed by atoms with Crippen LogP contribution in [-0.4, -0.2) is 20.0 Å². The van der Waals surface area contributed by atoms with Gasteiger partial charge in [-0.05, 0) is 30.3 Å². The predicted molar refractivity (Wildman–Crippen MR) is 66.7 cm³/mol. The average molecular weight is 235 g/mol. The van der Waals surface area contributed by atoms with Crippen molar-refractivity contribution in [1.29, 1.82) is 0 Å². The predicted octanol–water partition coefficient (Wildman–Crippen LogP) is 2.34. The highest BCUT2D eigenvalue weighted by atomic mass is 16.2. The second-order valence-electron chi connectivity index (χ2n) is 4.23. The maximum Gasteiger partial charge on any atom is 0.267 e. The van der Waals surface area contributed by atoms with Gasteiger partial charge in [0.05, 0.1) is 11.3 Å². The van der Waals surface area contributed by atoms with Gasteiger partial charge in [0.25, 0.3) is 5.91 Å². The molecule has 0 spiro atoms. The third kappa shape index (κ3) is 1.04. The summed E-state index contributed by atoms with van der Waals surface area (Å²) in [7, 11) is 0. The SMILES string of the molecule is O=C1c2ccn1c2-n1cccc1-c1cccnc1. The molecule has 0 fully saturated rings. The van der Waals surface area contributed by atoms with E-state index >= 15 is 0 Å². The van der Waals surface area contributed by atoms with Crippen molar-refractivity contribution in [2.24, 2.45) is 0 Å². The zero-order valence-corrected chi connectivity index (χ0v) is 9.45. The number of aromatic nitrogens is 3. The first-order valence-electron chi connectivity index (χ1n) is 5.70. The molecule has 3 aromatic heterocycles. The van der Waals surface area contributed by atoms with E-state index in [0.717, 1.165) is 22.6 Å². The summed E-state index contributed by atoms with van der Waals surface area (Å²) in [5, 5.41) is 0. The molecule has 5 heterocycles. The Balaban J connectivity index is 1.91. The minimum Gasteiger partial charge on any atom is -0.302 e. The van der Waals surface area contributed by atoms with E-state index in [1.165, 1.54) is 0 Å². The summed E-state index contributed by atoms with van der Waals surface area (Å²) in [4.78, 5) is 15.7. The van der Waals surface area contributed by atoms with Gasteiger partial charge in [-0.1, -0.05) is 0 Å². The molecule has 3 aromatic rings. The summed E-state index contributed by atoms with van der Waals surface area (Å²) in [6.45, 7) is 0. The first-order chi connectivity index (χ1) is 8.86. The third-order valence-electron chi connectivity index (χ3n) is 3.24. The van der Waals surface area contributed by atoms with Gasteiger partial charge in [-0.15, -0.1) is 0 Å². The lowest BCUT2D eigenvalue weighted by atomic mass is 10.2. The Bertz CT molecular complexity index is 729. The van der Waals surface area contributed by atoms with Gasteiger partial charge in [0.2, 0.25) is 0 Å². The summed E-state index contributed by atoms with van der Waals surface area (Å²) in [6.07, 6.45) is 7.34. The van der Waals surface area contributed by atoms with Crippen molar-refractivity contribution in [2.45, 2.75) is 0 Å². The molecule has 0 unspecified atom stereocenters. The topological polar surface area (TPSA) is 39.8 Å². The van der Waals surface area contributed by atoms with Gasteiger partial charge < -0.3 is 4.57 Å². The monoisotopic (exact) mass is 235 g/mol. The number of hydrogen-bond acceptors (Lipinski definition) is 2. The molecule has 0 amide bonds. The Morgan fingerprint density at radius 1 is 1.00 bits per heavy atom. The quantitative estimate of drug-likeness (QED) is 0.535. The summed E-state index contributed by atoms with van der Waals surface area (Å²) in [6, 6.07) is 9.76. The minimum atomic E-state index is 0.0795. The Morgan fingerprint density at radius 2 is 1.94 bits per heavy atom. The fraction of sp³-hybridized carbons (Fsp3) is 0. The first-order valence-corrected chi connectivity index (χ1v) is 5.70. The van der Waals surface area contributed by atoms with Crippen LogP contribution in [0.15, 0.2) is 55.1 Å². The van der Waals surface area contributed by atoms with Crippen LogP contribution in [0.1, 0.15) is 10.4 Å². The fourth-order valence-corrected chi connectivity index (χ4v) is 2.39. The number of hydrogen-bond donors (Lipinski definition) is 0. The van der Waals surface area contributed by atoms with Gasteiger partial charge in [-0.25, -0.2) is 0 Å². The molecule has 5 rings (SSSR count). The zero-order chi connectivity index (χ0) is 12.1. The van der Waals surface area contributed by atoms with Gasteiger partial charge in [0.15, 0.2) is 0 Å². The molecule has 0 aromatic carbocycles. The molecule has 2 bridgehead atoms. The number of pyridine rings is 1. The van der Waals surface area contributed by atoms with E-state index in [4.69, 9.17) is 0 Å². The van der Waals surface area contributed by atoms with Crippen LogP contribution in [0.5, 0.6) is 0 Å². The normalized spacial score (nSPS) is 12.6. The number of carbonyl (C=O) groups excluding carboxylic acids is 1. The summed E-state index contributed by atoms with van der Waals surface area (Å²) < 4.78 is 3.68. The number of carbonyl (C=O) groups is 1. The van der Waals surface area contributed by atoms with E-state index in [-0.39, 0.29) is 5.91 Å². The van der Waals surface area contributed by atoms with Crippen LogP contribution in [0, 0.1) is 0 Å². The van der Waals surface area contributed by atoms with Crippen LogP contribution in [0.25, 0.3) is 17.1 Å². The van der Waals surface area contributed by atoms with Gasteiger partial charge in [0.1, 0.15) is 5.82 Å². The molecule has 2 aliphatic rings. The van der Waals surface area contributed by atoms with Crippen molar-refractivity contribution in [2.75, 3.05) is 0 Å². The van der Waals surface area contributed by atoms with E-state index in [9.17, 15) is 4.79 Å². The molecule has 0 saturated carbocycles. The molecule has 0 radical (unpaired) electrons. The van der Waals surface area contributed by atoms with Gasteiger partial charge in [-0.2, -0.15) is 0 Å². The molecule has 0 N–H and O–H groups in total. The highest BCUT2D eigenvalue weighted by molar-refractivity contribution is 6.09. The van der Waals surface area contributed by atoms with Crippen LogP contribution < -0.4 is 0 Å². The summed E-state index contributed by atoms with van der Waals surface area (Å²) >= 11 is 0. The highest BCUT2D eigenvalue weighted by Gasteiger charge is 2.31. The van der Waals surface area contributed by atoms with E-state index in [0.29, 0.717) is 0 Å². The smallest absolute Gasteiger partial charge is 0.267 e. The van der Waals surface area contributed by atoms with Crippen LogP contribution in [0.3, 0.4) is 0 Å². The maximum atomic E-state index is 11.6. The molecule has 0 aliphatic carbocycles. The lowest BCUT2D eigenvalue weighted by Crippen LogP contribution is -2.25. The molecular weight excluding hydrogens is 226 g/mol. The van der Waals surface area contributed by atoms with Crippen molar-refractivity contribution in [1.82, 2.24) is 14.1 Å². The Morgan fingerprint density at radius 3 is 2.61 bits per heavy atom. The summed E-state index contributed by atoms with van der Waals surface area (Å²) in [5.74, 6) is 1.01. The molecular formula is C14H9N3O. The van der Waals surface area contributed by atoms with Crippen LogP contribution >= 0.6 is 0 Å². The van der Waals surface area contributed by atoms with Crippen molar-refractivity contribution in [3.63, 3.8) is 0 Å². The minimum absolute atomic E-state index is 0.0795. The molecule has 0 atom stereocenters. The molecule has 2 aliphatic heterocycles. The number of fused-ring (bicyclic) bond motifs is 1. The van der Waals surface area contributed by atoms with Crippen molar-refractivity contribution >= 4 is 5.91 Å². The second-order valence-corrected chi connectivity index (χ2v) is 4.23. The van der Waals surface area contributed by atoms with E-state index < -0.39 is 0 Å². The van der Waals surface area contributed by atoms with Crippen molar-refractivity contribution in [3.8, 4) is 17.1 Å².